The summed E-state index contributed by atoms with van der Waals surface area (Å²) in [6, 6.07) is 6.87. The molecule has 0 saturated heterocycles. The van der Waals surface area contributed by atoms with Gasteiger partial charge in [-0.05, 0) is 26.0 Å². The van der Waals surface area contributed by atoms with Crippen LogP contribution < -0.4 is 15.2 Å². The highest BCUT2D eigenvalue weighted by atomic mass is 16.5. The molecule has 2 aromatic rings. The molecule has 5 nitrogen and oxygen atoms in total. The highest BCUT2D eigenvalue weighted by Crippen LogP contribution is 2.25. The average Bonchev–Trinajstić information content (AvgIpc) is 2.47. The van der Waals surface area contributed by atoms with E-state index in [9.17, 15) is 4.79 Å². The fourth-order valence-corrected chi connectivity index (χ4v) is 2.16. The predicted molar refractivity (Wildman–Crippen MR) is 79.6 cm³/mol. The van der Waals surface area contributed by atoms with Gasteiger partial charge in [-0.2, -0.15) is 0 Å². The third kappa shape index (κ3) is 3.13. The van der Waals surface area contributed by atoms with E-state index in [2.05, 4.69) is 4.98 Å². The van der Waals surface area contributed by atoms with Crippen molar-refractivity contribution in [1.29, 1.82) is 0 Å². The Morgan fingerprint density at radius 1 is 1.29 bits per heavy atom. The summed E-state index contributed by atoms with van der Waals surface area (Å²) >= 11 is 0. The minimum absolute atomic E-state index is 0.243. The lowest BCUT2D eigenvalue weighted by Crippen LogP contribution is -2.13. The molecule has 0 atom stereocenters. The number of benzene rings is 1. The number of aryl methyl sites for hydroxylation is 1. The topological polar surface area (TPSA) is 74.4 Å². The van der Waals surface area contributed by atoms with Gasteiger partial charge in [0.05, 0.1) is 18.4 Å². The molecule has 0 fully saturated rings. The number of hydrogen-bond acceptors (Lipinski definition) is 4. The smallest absolute Gasteiger partial charge is 0.252 e. The standard InChI is InChI=1S/C16H18N2O3/c1-10-8-18-13(11(2)15(10)20-3)9-21-14-7-5-4-6-12(14)16(17)19/h4-8H,9H2,1-3H3,(H2,17,19). The van der Waals surface area contributed by atoms with Gasteiger partial charge < -0.3 is 15.2 Å². The number of methoxy groups -OCH3 is 1. The van der Waals surface area contributed by atoms with Crippen molar-refractivity contribution >= 4 is 5.91 Å². The Hall–Kier alpha value is -2.56. The lowest BCUT2D eigenvalue weighted by atomic mass is 10.1. The molecule has 1 aromatic carbocycles. The largest absolute Gasteiger partial charge is 0.496 e. The molecule has 0 radical (unpaired) electrons. The minimum Gasteiger partial charge on any atom is -0.496 e. The Labute approximate surface area is 123 Å². The van der Waals surface area contributed by atoms with Crippen molar-refractivity contribution in [2.75, 3.05) is 7.11 Å². The maximum atomic E-state index is 11.4. The van der Waals surface area contributed by atoms with Crippen LogP contribution in [0.1, 0.15) is 27.2 Å². The Morgan fingerprint density at radius 2 is 2.00 bits per heavy atom. The van der Waals surface area contributed by atoms with Crippen molar-refractivity contribution in [3.63, 3.8) is 0 Å². The fourth-order valence-electron chi connectivity index (χ4n) is 2.16. The second-order valence-corrected chi connectivity index (χ2v) is 4.70. The van der Waals surface area contributed by atoms with Crippen LogP contribution in [-0.2, 0) is 6.61 Å². The van der Waals surface area contributed by atoms with Crippen LogP contribution in [0.15, 0.2) is 30.5 Å². The van der Waals surface area contributed by atoms with Gasteiger partial charge >= 0.3 is 0 Å². The first-order valence-electron chi connectivity index (χ1n) is 6.55. The van der Waals surface area contributed by atoms with Crippen molar-refractivity contribution in [1.82, 2.24) is 4.98 Å². The van der Waals surface area contributed by atoms with E-state index in [1.807, 2.05) is 13.8 Å². The summed E-state index contributed by atoms with van der Waals surface area (Å²) in [6.07, 6.45) is 1.74. The lowest BCUT2D eigenvalue weighted by Gasteiger charge is -2.14. The molecule has 0 bridgehead atoms. The molecule has 5 heteroatoms. The van der Waals surface area contributed by atoms with Crippen LogP contribution >= 0.6 is 0 Å². The maximum Gasteiger partial charge on any atom is 0.252 e. The second kappa shape index (κ2) is 6.26. The van der Waals surface area contributed by atoms with E-state index in [0.29, 0.717) is 11.3 Å². The summed E-state index contributed by atoms with van der Waals surface area (Å²) in [5.41, 5.74) is 8.33. The summed E-state index contributed by atoms with van der Waals surface area (Å²) in [4.78, 5) is 15.7. The van der Waals surface area contributed by atoms with E-state index in [4.69, 9.17) is 15.2 Å². The number of ether oxygens (including phenoxy) is 2. The average molecular weight is 286 g/mol. The number of nitrogens with zero attached hydrogens (tertiary/aromatic N) is 1. The van der Waals surface area contributed by atoms with Crippen LogP contribution in [0.4, 0.5) is 0 Å². The number of para-hydroxylation sites is 1. The van der Waals surface area contributed by atoms with Crippen LogP contribution in [0, 0.1) is 13.8 Å². The molecule has 0 aliphatic rings. The molecular formula is C16H18N2O3. The maximum absolute atomic E-state index is 11.4. The van der Waals surface area contributed by atoms with E-state index < -0.39 is 5.91 Å². The van der Waals surface area contributed by atoms with Crippen molar-refractivity contribution in [3.8, 4) is 11.5 Å². The number of primary amides is 1. The van der Waals surface area contributed by atoms with Gasteiger partial charge in [0, 0.05) is 17.3 Å². The number of aromatic nitrogens is 1. The van der Waals surface area contributed by atoms with E-state index in [1.165, 1.54) is 0 Å². The van der Waals surface area contributed by atoms with Crippen LogP contribution in [0.2, 0.25) is 0 Å². The number of carbonyl (C=O) groups excluding carboxylic acids is 1. The monoisotopic (exact) mass is 286 g/mol. The van der Waals surface area contributed by atoms with Gasteiger partial charge in [0.1, 0.15) is 18.1 Å². The van der Waals surface area contributed by atoms with Gasteiger partial charge in [-0.15, -0.1) is 0 Å². The highest BCUT2D eigenvalue weighted by molar-refractivity contribution is 5.95. The number of amides is 1. The van der Waals surface area contributed by atoms with E-state index in [1.54, 1.807) is 37.6 Å². The van der Waals surface area contributed by atoms with Gasteiger partial charge in [-0.1, -0.05) is 12.1 Å². The zero-order valence-electron chi connectivity index (χ0n) is 12.3. The van der Waals surface area contributed by atoms with Crippen molar-refractivity contribution in [3.05, 3.63) is 52.8 Å². The zero-order chi connectivity index (χ0) is 15.4. The van der Waals surface area contributed by atoms with Crippen molar-refractivity contribution < 1.29 is 14.3 Å². The van der Waals surface area contributed by atoms with Crippen LogP contribution in [0.25, 0.3) is 0 Å². The fraction of sp³-hybridized carbons (Fsp3) is 0.250. The summed E-state index contributed by atoms with van der Waals surface area (Å²) in [6.45, 7) is 4.11. The summed E-state index contributed by atoms with van der Waals surface area (Å²) in [5.74, 6) is 0.731. The summed E-state index contributed by atoms with van der Waals surface area (Å²) in [7, 11) is 1.63. The molecule has 1 aromatic heterocycles. The van der Waals surface area contributed by atoms with Gasteiger partial charge in [0.25, 0.3) is 5.91 Å². The molecule has 0 aliphatic carbocycles. The molecule has 0 aliphatic heterocycles. The second-order valence-electron chi connectivity index (χ2n) is 4.70. The van der Waals surface area contributed by atoms with Crippen LogP contribution in [0.5, 0.6) is 11.5 Å². The predicted octanol–water partition coefficient (Wildman–Crippen LogP) is 2.38. The van der Waals surface area contributed by atoms with E-state index in [-0.39, 0.29) is 6.61 Å². The molecule has 1 heterocycles. The number of hydrogen-bond donors (Lipinski definition) is 1. The van der Waals surface area contributed by atoms with E-state index in [0.717, 1.165) is 22.6 Å². The third-order valence-corrected chi connectivity index (χ3v) is 3.27. The first-order valence-corrected chi connectivity index (χ1v) is 6.55. The number of carbonyl (C=O) groups is 1. The zero-order valence-corrected chi connectivity index (χ0v) is 12.3. The summed E-state index contributed by atoms with van der Waals surface area (Å²) in [5, 5.41) is 0. The molecule has 2 rings (SSSR count). The van der Waals surface area contributed by atoms with Gasteiger partial charge in [0.2, 0.25) is 0 Å². The van der Waals surface area contributed by atoms with Crippen molar-refractivity contribution in [2.24, 2.45) is 5.73 Å². The van der Waals surface area contributed by atoms with Gasteiger partial charge in [-0.25, -0.2) is 0 Å². The number of rotatable bonds is 5. The highest BCUT2D eigenvalue weighted by Gasteiger charge is 2.12. The van der Waals surface area contributed by atoms with Crippen LogP contribution in [0.3, 0.4) is 0 Å². The minimum atomic E-state index is -0.517. The molecule has 0 spiro atoms. The van der Waals surface area contributed by atoms with Gasteiger partial charge in [-0.3, -0.25) is 9.78 Å². The first kappa shape index (κ1) is 14.8. The molecule has 21 heavy (non-hydrogen) atoms. The molecule has 110 valence electrons. The van der Waals surface area contributed by atoms with Gasteiger partial charge in [0.15, 0.2) is 0 Å². The Kier molecular flexibility index (Phi) is 4.42. The Balaban J connectivity index is 2.23. The number of pyridine rings is 1. The molecule has 1 amide bonds. The quantitative estimate of drug-likeness (QED) is 0.915. The first-order chi connectivity index (χ1) is 10.0. The SMILES string of the molecule is COc1c(C)cnc(COc2ccccc2C(N)=O)c1C. The number of nitrogens with two attached hydrogens (primary N) is 1. The summed E-state index contributed by atoms with van der Waals surface area (Å²) < 4.78 is 11.0. The molecule has 0 saturated carbocycles. The van der Waals surface area contributed by atoms with E-state index >= 15 is 0 Å². The third-order valence-electron chi connectivity index (χ3n) is 3.27. The lowest BCUT2D eigenvalue weighted by molar-refractivity contribution is 0.0996. The molecular weight excluding hydrogens is 268 g/mol. The Bertz CT molecular complexity index is 669. The normalized spacial score (nSPS) is 10.2. The molecule has 0 unspecified atom stereocenters. The Morgan fingerprint density at radius 3 is 2.67 bits per heavy atom. The molecule has 2 N–H and O–H groups in total. The van der Waals surface area contributed by atoms with Crippen LogP contribution in [-0.4, -0.2) is 18.0 Å². The van der Waals surface area contributed by atoms with Crippen molar-refractivity contribution in [2.45, 2.75) is 20.5 Å².